The first-order chi connectivity index (χ1) is 6.36. The zero-order chi connectivity index (χ0) is 9.52. The highest BCUT2D eigenvalue weighted by Gasteiger charge is 2.17. The molecule has 0 aromatic heterocycles. The van der Waals surface area contributed by atoms with Gasteiger partial charge >= 0.3 is 0 Å². The van der Waals surface area contributed by atoms with Crippen LogP contribution < -0.4 is 0 Å². The quantitative estimate of drug-likeness (QED) is 0.585. The minimum atomic E-state index is 0.624. The highest BCUT2D eigenvalue weighted by molar-refractivity contribution is 4.67. The second kappa shape index (κ2) is 6.42. The van der Waals surface area contributed by atoms with Gasteiger partial charge in [-0.2, -0.15) is 0 Å². The molecule has 1 heterocycles. The van der Waals surface area contributed by atoms with Gasteiger partial charge in [-0.3, -0.25) is 0 Å². The fourth-order valence-electron chi connectivity index (χ4n) is 2.11. The summed E-state index contributed by atoms with van der Waals surface area (Å²) in [7, 11) is 0. The zero-order valence-electron chi connectivity index (χ0n) is 9.22. The van der Waals surface area contributed by atoms with Crippen LogP contribution in [0.15, 0.2) is 0 Å². The van der Waals surface area contributed by atoms with Crippen LogP contribution >= 0.6 is 0 Å². The second-order valence-corrected chi connectivity index (χ2v) is 4.28. The summed E-state index contributed by atoms with van der Waals surface area (Å²) in [5.74, 6) is 0.977. The van der Waals surface area contributed by atoms with Gasteiger partial charge < -0.3 is 4.74 Å². The Morgan fingerprint density at radius 1 is 1.31 bits per heavy atom. The van der Waals surface area contributed by atoms with Crippen molar-refractivity contribution < 1.29 is 4.74 Å². The van der Waals surface area contributed by atoms with Gasteiger partial charge in [0, 0.05) is 6.61 Å². The lowest BCUT2D eigenvalue weighted by molar-refractivity contribution is -0.0560. The molecule has 0 spiro atoms. The van der Waals surface area contributed by atoms with E-state index in [9.17, 15) is 0 Å². The highest BCUT2D eigenvalue weighted by atomic mass is 16.5. The molecule has 2 unspecified atom stereocenters. The molecule has 78 valence electrons. The number of rotatable bonds is 7. The van der Waals surface area contributed by atoms with E-state index in [-0.39, 0.29) is 0 Å². The first-order valence-electron chi connectivity index (χ1n) is 5.98. The summed E-state index contributed by atoms with van der Waals surface area (Å²) in [6.45, 7) is 5.62. The highest BCUT2D eigenvalue weighted by Crippen LogP contribution is 2.22. The van der Waals surface area contributed by atoms with Gasteiger partial charge in [0.1, 0.15) is 0 Å². The first kappa shape index (κ1) is 11.0. The summed E-state index contributed by atoms with van der Waals surface area (Å²) in [5, 5.41) is 0. The molecule has 1 saturated heterocycles. The van der Waals surface area contributed by atoms with E-state index in [1.807, 2.05) is 0 Å². The summed E-state index contributed by atoms with van der Waals surface area (Å²) < 4.78 is 5.41. The van der Waals surface area contributed by atoms with Crippen molar-refractivity contribution in [3.63, 3.8) is 0 Å². The minimum Gasteiger partial charge on any atom is -0.378 e. The summed E-state index contributed by atoms with van der Waals surface area (Å²) in [6.07, 6.45) is 10.2. The van der Waals surface area contributed by atoms with Crippen LogP contribution in [0.2, 0.25) is 0 Å². The Balaban J connectivity index is 1.94. The van der Waals surface area contributed by atoms with Crippen molar-refractivity contribution in [2.45, 2.75) is 64.9 Å². The van der Waals surface area contributed by atoms with Gasteiger partial charge in [0.25, 0.3) is 0 Å². The van der Waals surface area contributed by atoms with Crippen LogP contribution in [0.5, 0.6) is 0 Å². The molecule has 0 aromatic carbocycles. The van der Waals surface area contributed by atoms with Crippen molar-refractivity contribution in [3.05, 3.63) is 0 Å². The van der Waals surface area contributed by atoms with Gasteiger partial charge in [0.2, 0.25) is 0 Å². The van der Waals surface area contributed by atoms with Gasteiger partial charge in [0.05, 0.1) is 6.10 Å². The number of hydrogen-bond acceptors (Lipinski definition) is 1. The lowest BCUT2D eigenvalue weighted by Crippen LogP contribution is -2.26. The van der Waals surface area contributed by atoms with Crippen molar-refractivity contribution in [1.82, 2.24) is 0 Å². The largest absolute Gasteiger partial charge is 0.378 e. The van der Waals surface area contributed by atoms with Crippen LogP contribution in [-0.2, 0) is 4.74 Å². The van der Waals surface area contributed by atoms with Crippen LogP contribution in [0.1, 0.15) is 58.8 Å². The molecule has 0 N–H and O–H groups in total. The van der Waals surface area contributed by atoms with Crippen LogP contribution in [0.4, 0.5) is 0 Å². The van der Waals surface area contributed by atoms with Crippen LogP contribution in [-0.4, -0.2) is 12.7 Å². The molecule has 13 heavy (non-hydrogen) atoms. The van der Waals surface area contributed by atoms with Crippen LogP contribution in [0.3, 0.4) is 0 Å². The maximum absolute atomic E-state index is 5.41. The van der Waals surface area contributed by atoms with E-state index in [0.29, 0.717) is 6.10 Å². The molecule has 1 fully saturated rings. The Morgan fingerprint density at radius 2 is 2.08 bits per heavy atom. The van der Waals surface area contributed by atoms with E-state index in [4.69, 9.17) is 4.74 Å². The van der Waals surface area contributed by atoms with Crippen molar-refractivity contribution >= 4 is 0 Å². The average Bonchev–Trinajstić information content (AvgIpc) is 2.07. The first-order valence-corrected chi connectivity index (χ1v) is 5.98. The smallest absolute Gasteiger partial charge is 0.0597 e. The molecule has 0 saturated carbocycles. The molecular weight excluding hydrogens is 160 g/mol. The third kappa shape index (κ3) is 4.12. The standard InChI is InChI=1S/C12H24O/c1-3-6-11(4-2)7-5-8-12-9-10-13-12/h11-12H,3-10H2,1-2H3. The lowest BCUT2D eigenvalue weighted by Gasteiger charge is -2.26. The molecule has 0 aliphatic carbocycles. The molecule has 2 atom stereocenters. The maximum atomic E-state index is 5.41. The van der Waals surface area contributed by atoms with Gasteiger partial charge in [-0.15, -0.1) is 0 Å². The van der Waals surface area contributed by atoms with Crippen molar-refractivity contribution in [2.24, 2.45) is 5.92 Å². The average molecular weight is 184 g/mol. The predicted molar refractivity (Wildman–Crippen MR) is 56.9 cm³/mol. The molecule has 1 rings (SSSR count). The molecule has 0 aromatic rings. The fraction of sp³-hybridized carbons (Fsp3) is 1.00. The van der Waals surface area contributed by atoms with E-state index in [1.54, 1.807) is 0 Å². The Bertz CT molecular complexity index is 118. The van der Waals surface area contributed by atoms with E-state index in [0.717, 1.165) is 12.5 Å². The van der Waals surface area contributed by atoms with Gasteiger partial charge in [-0.1, -0.05) is 46.0 Å². The lowest BCUT2D eigenvalue weighted by atomic mass is 9.93. The van der Waals surface area contributed by atoms with E-state index in [2.05, 4.69) is 13.8 Å². The summed E-state index contributed by atoms with van der Waals surface area (Å²) in [5.41, 5.74) is 0. The molecule has 0 amide bonds. The SMILES string of the molecule is CCCC(CC)CCCC1CCO1. The molecule has 0 bridgehead atoms. The molecule has 1 heteroatoms. The Kier molecular flexibility index (Phi) is 5.45. The van der Waals surface area contributed by atoms with E-state index >= 15 is 0 Å². The third-order valence-corrected chi connectivity index (χ3v) is 3.21. The van der Waals surface area contributed by atoms with E-state index < -0.39 is 0 Å². The molecule has 1 aliphatic heterocycles. The molecule has 1 nitrogen and oxygen atoms in total. The Hall–Kier alpha value is -0.0400. The molecular formula is C12H24O. The number of ether oxygens (including phenoxy) is 1. The molecule has 1 aliphatic rings. The molecule has 0 radical (unpaired) electrons. The van der Waals surface area contributed by atoms with E-state index in [1.165, 1.54) is 44.9 Å². The van der Waals surface area contributed by atoms with Crippen molar-refractivity contribution in [3.8, 4) is 0 Å². The number of hydrogen-bond donors (Lipinski definition) is 0. The van der Waals surface area contributed by atoms with Crippen LogP contribution in [0.25, 0.3) is 0 Å². The van der Waals surface area contributed by atoms with Gasteiger partial charge in [0.15, 0.2) is 0 Å². The Morgan fingerprint density at radius 3 is 2.54 bits per heavy atom. The predicted octanol–water partition coefficient (Wildman–Crippen LogP) is 3.77. The van der Waals surface area contributed by atoms with Gasteiger partial charge in [-0.05, 0) is 18.8 Å². The Labute approximate surface area is 82.9 Å². The normalized spacial score (nSPS) is 24.0. The summed E-state index contributed by atoms with van der Waals surface area (Å²) in [6, 6.07) is 0. The zero-order valence-corrected chi connectivity index (χ0v) is 9.22. The van der Waals surface area contributed by atoms with Gasteiger partial charge in [-0.25, -0.2) is 0 Å². The van der Waals surface area contributed by atoms with Crippen LogP contribution in [0, 0.1) is 5.92 Å². The fourth-order valence-corrected chi connectivity index (χ4v) is 2.11. The maximum Gasteiger partial charge on any atom is 0.0597 e. The van der Waals surface area contributed by atoms with Crippen molar-refractivity contribution in [2.75, 3.05) is 6.61 Å². The minimum absolute atomic E-state index is 0.624. The topological polar surface area (TPSA) is 9.23 Å². The third-order valence-electron chi connectivity index (χ3n) is 3.21. The summed E-state index contributed by atoms with van der Waals surface area (Å²) >= 11 is 0. The summed E-state index contributed by atoms with van der Waals surface area (Å²) in [4.78, 5) is 0. The van der Waals surface area contributed by atoms with Crippen molar-refractivity contribution in [1.29, 1.82) is 0 Å². The second-order valence-electron chi connectivity index (χ2n) is 4.28. The monoisotopic (exact) mass is 184 g/mol.